The van der Waals surface area contributed by atoms with Crippen molar-refractivity contribution in [2.75, 3.05) is 27.9 Å². The Hall–Kier alpha value is -0.240. The second-order valence-electron chi connectivity index (χ2n) is 3.35. The van der Waals surface area contributed by atoms with Gasteiger partial charge in [-0.25, -0.2) is 0 Å². The molecule has 1 aliphatic rings. The summed E-state index contributed by atoms with van der Waals surface area (Å²) in [4.78, 5) is 0. The SMILES string of the molecule is CO[C@H]1O[C@@H](CO)[C@H](O)[C@@H](OC)[C@@H]1OC. The first-order valence-corrected chi connectivity index (χ1v) is 4.72. The van der Waals surface area contributed by atoms with Crippen molar-refractivity contribution >= 4 is 0 Å². The van der Waals surface area contributed by atoms with Gasteiger partial charge in [0.25, 0.3) is 0 Å². The van der Waals surface area contributed by atoms with Crippen molar-refractivity contribution in [3.8, 4) is 0 Å². The molecule has 0 radical (unpaired) electrons. The van der Waals surface area contributed by atoms with Crippen molar-refractivity contribution in [1.82, 2.24) is 0 Å². The predicted molar refractivity (Wildman–Crippen MR) is 50.4 cm³/mol. The van der Waals surface area contributed by atoms with Crippen LogP contribution < -0.4 is 0 Å². The van der Waals surface area contributed by atoms with Gasteiger partial charge in [0, 0.05) is 21.3 Å². The average Bonchev–Trinajstić information content (AvgIpc) is 2.28. The third-order valence-corrected chi connectivity index (χ3v) is 2.58. The van der Waals surface area contributed by atoms with Crippen molar-refractivity contribution in [3.05, 3.63) is 0 Å². The Morgan fingerprint density at radius 1 is 1.07 bits per heavy atom. The zero-order valence-electron chi connectivity index (χ0n) is 9.12. The van der Waals surface area contributed by atoms with E-state index in [0.29, 0.717) is 0 Å². The Kier molecular flexibility index (Phi) is 4.91. The van der Waals surface area contributed by atoms with Gasteiger partial charge < -0.3 is 29.2 Å². The van der Waals surface area contributed by atoms with E-state index in [9.17, 15) is 5.11 Å². The molecule has 0 spiro atoms. The fourth-order valence-electron chi connectivity index (χ4n) is 1.75. The summed E-state index contributed by atoms with van der Waals surface area (Å²) in [6, 6.07) is 0. The highest BCUT2D eigenvalue weighted by atomic mass is 16.7. The first-order chi connectivity index (χ1) is 7.19. The number of aliphatic hydroxyl groups excluding tert-OH is 2. The van der Waals surface area contributed by atoms with Gasteiger partial charge in [0.1, 0.15) is 24.4 Å². The number of aliphatic hydroxyl groups is 2. The molecule has 90 valence electrons. The van der Waals surface area contributed by atoms with E-state index in [2.05, 4.69) is 0 Å². The van der Waals surface area contributed by atoms with Crippen LogP contribution in [0.25, 0.3) is 0 Å². The molecule has 6 heteroatoms. The van der Waals surface area contributed by atoms with Crippen LogP contribution in [0.4, 0.5) is 0 Å². The van der Waals surface area contributed by atoms with Gasteiger partial charge in [-0.2, -0.15) is 0 Å². The molecule has 0 aliphatic carbocycles. The molecule has 15 heavy (non-hydrogen) atoms. The molecule has 1 heterocycles. The molecule has 1 fully saturated rings. The zero-order valence-corrected chi connectivity index (χ0v) is 9.12. The number of rotatable bonds is 4. The number of ether oxygens (including phenoxy) is 4. The lowest BCUT2D eigenvalue weighted by atomic mass is 9.99. The van der Waals surface area contributed by atoms with Crippen LogP contribution in [0.2, 0.25) is 0 Å². The third kappa shape index (κ3) is 2.47. The minimum Gasteiger partial charge on any atom is -0.394 e. The second-order valence-corrected chi connectivity index (χ2v) is 3.35. The minimum atomic E-state index is -0.934. The van der Waals surface area contributed by atoms with Crippen molar-refractivity contribution in [3.63, 3.8) is 0 Å². The molecule has 1 saturated heterocycles. The molecule has 5 atom stereocenters. The zero-order chi connectivity index (χ0) is 11.4. The molecule has 0 aromatic heterocycles. The van der Waals surface area contributed by atoms with E-state index >= 15 is 0 Å². The maximum absolute atomic E-state index is 9.80. The van der Waals surface area contributed by atoms with Gasteiger partial charge in [-0.1, -0.05) is 0 Å². The monoisotopic (exact) mass is 222 g/mol. The van der Waals surface area contributed by atoms with Crippen molar-refractivity contribution in [1.29, 1.82) is 0 Å². The Morgan fingerprint density at radius 3 is 2.07 bits per heavy atom. The predicted octanol–water partition coefficient (Wildman–Crippen LogP) is -1.26. The third-order valence-electron chi connectivity index (χ3n) is 2.58. The normalized spacial score (nSPS) is 41.8. The van der Waals surface area contributed by atoms with E-state index in [0.717, 1.165) is 0 Å². The van der Waals surface area contributed by atoms with Crippen molar-refractivity contribution in [2.45, 2.75) is 30.7 Å². The number of hydrogen-bond donors (Lipinski definition) is 2. The molecule has 2 N–H and O–H groups in total. The van der Waals surface area contributed by atoms with E-state index in [-0.39, 0.29) is 6.61 Å². The van der Waals surface area contributed by atoms with Gasteiger partial charge in [0.05, 0.1) is 6.61 Å². The molecule has 0 unspecified atom stereocenters. The summed E-state index contributed by atoms with van der Waals surface area (Å²) in [5, 5.41) is 18.8. The fraction of sp³-hybridized carbons (Fsp3) is 1.00. The van der Waals surface area contributed by atoms with Crippen LogP contribution in [0.15, 0.2) is 0 Å². The highest BCUT2D eigenvalue weighted by Gasteiger charge is 2.45. The maximum Gasteiger partial charge on any atom is 0.186 e. The summed E-state index contributed by atoms with van der Waals surface area (Å²) in [6.45, 7) is -0.294. The standard InChI is InChI=1S/C9H18O6/c1-12-7-6(11)5(4-10)15-9(14-3)8(7)13-2/h5-11H,4H2,1-3H3/t5-,6-,7+,8-,9-/m0/s1. The smallest absolute Gasteiger partial charge is 0.186 e. The molecule has 0 aromatic carbocycles. The number of hydrogen-bond acceptors (Lipinski definition) is 6. The summed E-state index contributed by atoms with van der Waals surface area (Å²) in [5.74, 6) is 0. The minimum absolute atomic E-state index is 0.294. The first kappa shape index (κ1) is 12.8. The van der Waals surface area contributed by atoms with E-state index in [1.165, 1.54) is 21.3 Å². The summed E-state index contributed by atoms with van der Waals surface area (Å²) in [5.41, 5.74) is 0. The average molecular weight is 222 g/mol. The van der Waals surface area contributed by atoms with Crippen LogP contribution >= 0.6 is 0 Å². The van der Waals surface area contributed by atoms with Crippen LogP contribution in [-0.2, 0) is 18.9 Å². The van der Waals surface area contributed by atoms with Crippen molar-refractivity contribution < 1.29 is 29.2 Å². The molecule has 1 aliphatic heterocycles. The van der Waals surface area contributed by atoms with Crippen LogP contribution in [0, 0.1) is 0 Å². The van der Waals surface area contributed by atoms with E-state index in [1.807, 2.05) is 0 Å². The van der Waals surface area contributed by atoms with E-state index in [4.69, 9.17) is 24.1 Å². The molecule has 1 rings (SSSR count). The lowest BCUT2D eigenvalue weighted by molar-refractivity contribution is -0.303. The van der Waals surface area contributed by atoms with E-state index < -0.39 is 30.7 Å². The second kappa shape index (κ2) is 5.74. The first-order valence-electron chi connectivity index (χ1n) is 4.72. The number of methoxy groups -OCH3 is 3. The lowest BCUT2D eigenvalue weighted by Crippen LogP contribution is -2.60. The summed E-state index contributed by atoms with van der Waals surface area (Å²) in [7, 11) is 4.42. The largest absolute Gasteiger partial charge is 0.394 e. The van der Waals surface area contributed by atoms with Gasteiger partial charge in [0.2, 0.25) is 0 Å². The maximum atomic E-state index is 9.80. The van der Waals surface area contributed by atoms with Gasteiger partial charge in [-0.15, -0.1) is 0 Å². The molecule has 0 amide bonds. The Labute approximate surface area is 88.7 Å². The summed E-state index contributed by atoms with van der Waals surface area (Å²) in [6.07, 6.45) is -3.40. The molecule has 6 nitrogen and oxygen atoms in total. The Balaban J connectivity index is 2.78. The summed E-state index contributed by atoms with van der Waals surface area (Å²) >= 11 is 0. The molecule has 0 aromatic rings. The van der Waals surface area contributed by atoms with E-state index in [1.54, 1.807) is 0 Å². The molecular formula is C9H18O6. The van der Waals surface area contributed by atoms with Gasteiger partial charge in [0.15, 0.2) is 6.29 Å². The van der Waals surface area contributed by atoms with Crippen LogP contribution in [-0.4, -0.2) is 68.9 Å². The van der Waals surface area contributed by atoms with Crippen LogP contribution in [0.3, 0.4) is 0 Å². The van der Waals surface area contributed by atoms with Crippen LogP contribution in [0.1, 0.15) is 0 Å². The molecule has 0 saturated carbocycles. The quantitative estimate of drug-likeness (QED) is 0.618. The summed E-state index contributed by atoms with van der Waals surface area (Å²) < 4.78 is 20.6. The van der Waals surface area contributed by atoms with Crippen LogP contribution in [0.5, 0.6) is 0 Å². The highest BCUT2D eigenvalue weighted by molar-refractivity contribution is 4.90. The highest BCUT2D eigenvalue weighted by Crippen LogP contribution is 2.25. The molecule has 0 bridgehead atoms. The van der Waals surface area contributed by atoms with Gasteiger partial charge >= 0.3 is 0 Å². The van der Waals surface area contributed by atoms with Crippen molar-refractivity contribution in [2.24, 2.45) is 0 Å². The topological polar surface area (TPSA) is 77.4 Å². The lowest BCUT2D eigenvalue weighted by Gasteiger charge is -2.42. The van der Waals surface area contributed by atoms with Gasteiger partial charge in [-0.05, 0) is 0 Å². The molecular weight excluding hydrogens is 204 g/mol. The van der Waals surface area contributed by atoms with Gasteiger partial charge in [-0.3, -0.25) is 0 Å². The Morgan fingerprint density at radius 2 is 1.67 bits per heavy atom. The fourth-order valence-corrected chi connectivity index (χ4v) is 1.75. The Bertz CT molecular complexity index is 187.